The number of nitrogens with zero attached hydrogens (tertiary/aromatic N) is 5. The number of fused-ring (bicyclic) bond motifs is 1. The van der Waals surface area contributed by atoms with Crippen molar-refractivity contribution in [1.29, 1.82) is 0 Å². The van der Waals surface area contributed by atoms with Crippen LogP contribution >= 0.6 is 0 Å². The standard InChI is InChI=1S/C30H42N6O3/c1-18-12-13-31-28(32-18)33-26-20(3)27(22-8-9-22)36(21(4)37)25-11-10-23(16-24(25)26)34-14-15-35(19(2)17-34)29(38)39-30(5,6)7/h10-13,16,19-20,22,26-27H,8-9,14-15,17H2,1-7H3,(H,31,32,33)/t19-,20+,26+,27+/m0/s1. The van der Waals surface area contributed by atoms with Gasteiger partial charge in [0, 0.05) is 73.4 Å². The molecule has 5 rings (SSSR count). The molecule has 4 atom stereocenters. The average Bonchev–Trinajstić information content (AvgIpc) is 3.69. The van der Waals surface area contributed by atoms with Crippen LogP contribution in [0.4, 0.5) is 22.1 Å². The Morgan fingerprint density at radius 1 is 1.10 bits per heavy atom. The van der Waals surface area contributed by atoms with E-state index in [9.17, 15) is 9.59 Å². The Morgan fingerprint density at radius 2 is 1.85 bits per heavy atom. The van der Waals surface area contributed by atoms with E-state index in [0.29, 0.717) is 31.5 Å². The lowest BCUT2D eigenvalue weighted by Crippen LogP contribution is -2.55. The fraction of sp³-hybridized carbons (Fsp3) is 0.600. The molecule has 2 amide bonds. The number of nitrogens with one attached hydrogen (secondary N) is 1. The molecule has 39 heavy (non-hydrogen) atoms. The third-order valence-corrected chi connectivity index (χ3v) is 8.11. The van der Waals surface area contributed by atoms with Crippen LogP contribution in [0.15, 0.2) is 30.5 Å². The topological polar surface area (TPSA) is 90.9 Å². The van der Waals surface area contributed by atoms with Crippen molar-refractivity contribution in [2.75, 3.05) is 34.8 Å². The highest BCUT2D eigenvalue weighted by Gasteiger charge is 2.48. The van der Waals surface area contributed by atoms with Crippen molar-refractivity contribution in [3.63, 3.8) is 0 Å². The van der Waals surface area contributed by atoms with Gasteiger partial charge in [0.2, 0.25) is 11.9 Å². The van der Waals surface area contributed by atoms with Crippen molar-refractivity contribution in [3.05, 3.63) is 41.7 Å². The second-order valence-corrected chi connectivity index (χ2v) is 12.4. The molecule has 1 aromatic carbocycles. The molecule has 0 bridgehead atoms. The summed E-state index contributed by atoms with van der Waals surface area (Å²) in [5, 5.41) is 3.63. The normalized spacial score (nSPS) is 25.3. The zero-order chi connectivity index (χ0) is 28.1. The largest absolute Gasteiger partial charge is 0.444 e. The zero-order valence-corrected chi connectivity index (χ0v) is 24.3. The summed E-state index contributed by atoms with van der Waals surface area (Å²) in [7, 11) is 0. The van der Waals surface area contributed by atoms with Gasteiger partial charge in [-0.1, -0.05) is 6.92 Å². The number of piperazine rings is 1. The zero-order valence-electron chi connectivity index (χ0n) is 24.3. The molecule has 1 aromatic heterocycles. The highest BCUT2D eigenvalue weighted by Crippen LogP contribution is 2.50. The van der Waals surface area contributed by atoms with Gasteiger partial charge < -0.3 is 24.8 Å². The SMILES string of the molecule is CC(=O)N1c2ccc(N3CCN(C(=O)OC(C)(C)C)[C@@H](C)C3)cc2[C@H](Nc2nccc(C)n2)[C@@H](C)[C@@H]1C1CC1. The molecule has 0 spiro atoms. The lowest BCUT2D eigenvalue weighted by atomic mass is 9.79. The molecule has 210 valence electrons. The van der Waals surface area contributed by atoms with Crippen LogP contribution < -0.4 is 15.1 Å². The first-order valence-electron chi connectivity index (χ1n) is 14.2. The summed E-state index contributed by atoms with van der Waals surface area (Å²) in [6, 6.07) is 8.43. The number of carbonyl (C=O) groups excluding carboxylic acids is 2. The second-order valence-electron chi connectivity index (χ2n) is 12.4. The van der Waals surface area contributed by atoms with Crippen molar-refractivity contribution >= 4 is 29.3 Å². The average molecular weight is 535 g/mol. The summed E-state index contributed by atoms with van der Waals surface area (Å²) in [4.78, 5) is 41.0. The van der Waals surface area contributed by atoms with Crippen molar-refractivity contribution in [2.45, 2.75) is 85.0 Å². The van der Waals surface area contributed by atoms with Crippen molar-refractivity contribution < 1.29 is 14.3 Å². The highest BCUT2D eigenvalue weighted by molar-refractivity contribution is 5.94. The van der Waals surface area contributed by atoms with Crippen LogP contribution in [-0.4, -0.2) is 64.2 Å². The van der Waals surface area contributed by atoms with Crippen LogP contribution in [0.25, 0.3) is 0 Å². The van der Waals surface area contributed by atoms with E-state index < -0.39 is 5.60 Å². The summed E-state index contributed by atoms with van der Waals surface area (Å²) in [6.07, 6.45) is 3.82. The van der Waals surface area contributed by atoms with Crippen LogP contribution in [0, 0.1) is 18.8 Å². The van der Waals surface area contributed by atoms with Gasteiger partial charge >= 0.3 is 6.09 Å². The molecule has 0 unspecified atom stereocenters. The van der Waals surface area contributed by atoms with Gasteiger partial charge in [-0.15, -0.1) is 0 Å². The minimum atomic E-state index is -0.521. The summed E-state index contributed by atoms with van der Waals surface area (Å²) in [6.45, 7) is 15.6. The van der Waals surface area contributed by atoms with Crippen molar-refractivity contribution in [2.24, 2.45) is 11.8 Å². The van der Waals surface area contributed by atoms with Crippen molar-refractivity contribution in [1.82, 2.24) is 14.9 Å². The molecular formula is C30H42N6O3. The third kappa shape index (κ3) is 5.68. The Morgan fingerprint density at radius 3 is 2.46 bits per heavy atom. The van der Waals surface area contributed by atoms with Crippen LogP contribution in [0.1, 0.15) is 71.7 Å². The molecule has 1 N–H and O–H groups in total. The number of hydrogen-bond acceptors (Lipinski definition) is 7. The van der Waals surface area contributed by atoms with Gasteiger partial charge in [-0.3, -0.25) is 4.79 Å². The van der Waals surface area contributed by atoms with Gasteiger partial charge in [0.15, 0.2) is 0 Å². The van der Waals surface area contributed by atoms with Crippen LogP contribution in [0.5, 0.6) is 0 Å². The molecule has 9 nitrogen and oxygen atoms in total. The predicted molar refractivity (Wildman–Crippen MR) is 153 cm³/mol. The van der Waals surface area contributed by atoms with E-state index in [0.717, 1.165) is 35.5 Å². The molecule has 3 heterocycles. The minimum absolute atomic E-state index is 0.00568. The van der Waals surface area contributed by atoms with E-state index in [2.05, 4.69) is 52.2 Å². The summed E-state index contributed by atoms with van der Waals surface area (Å²) < 4.78 is 5.63. The molecule has 1 saturated carbocycles. The maximum Gasteiger partial charge on any atom is 0.410 e. The second kappa shape index (κ2) is 10.3. The quantitative estimate of drug-likeness (QED) is 0.579. The molecule has 0 radical (unpaired) electrons. The van der Waals surface area contributed by atoms with E-state index in [1.165, 1.54) is 0 Å². The van der Waals surface area contributed by atoms with Gasteiger partial charge in [0.1, 0.15) is 5.60 Å². The van der Waals surface area contributed by atoms with E-state index in [1.807, 2.05) is 43.6 Å². The number of hydrogen-bond donors (Lipinski definition) is 1. The van der Waals surface area contributed by atoms with Gasteiger partial charge in [0.25, 0.3) is 0 Å². The highest BCUT2D eigenvalue weighted by atomic mass is 16.6. The first kappa shape index (κ1) is 27.2. The van der Waals surface area contributed by atoms with E-state index in [-0.39, 0.29) is 36.0 Å². The Kier molecular flexibility index (Phi) is 7.20. The van der Waals surface area contributed by atoms with E-state index in [4.69, 9.17) is 4.74 Å². The smallest absolute Gasteiger partial charge is 0.410 e. The maximum atomic E-state index is 13.0. The number of rotatable bonds is 4. The van der Waals surface area contributed by atoms with E-state index >= 15 is 0 Å². The summed E-state index contributed by atoms with van der Waals surface area (Å²) in [5.74, 6) is 1.38. The minimum Gasteiger partial charge on any atom is -0.444 e. The Labute approximate surface area is 231 Å². The molecule has 2 aromatic rings. The van der Waals surface area contributed by atoms with Gasteiger partial charge in [-0.2, -0.15) is 0 Å². The Bertz CT molecular complexity index is 1240. The summed E-state index contributed by atoms with van der Waals surface area (Å²) >= 11 is 0. The van der Waals surface area contributed by atoms with Gasteiger partial charge in [0.05, 0.1) is 6.04 Å². The third-order valence-electron chi connectivity index (χ3n) is 8.11. The first-order valence-corrected chi connectivity index (χ1v) is 14.2. The summed E-state index contributed by atoms with van der Waals surface area (Å²) in [5.41, 5.74) is 3.52. The maximum absolute atomic E-state index is 13.0. The number of anilines is 3. The molecule has 1 saturated heterocycles. The van der Waals surface area contributed by atoms with Gasteiger partial charge in [-0.05, 0) is 77.6 Å². The number of amides is 2. The fourth-order valence-electron chi connectivity index (χ4n) is 6.19. The lowest BCUT2D eigenvalue weighted by molar-refractivity contribution is -0.117. The molecule has 9 heteroatoms. The van der Waals surface area contributed by atoms with Crippen LogP contribution in [0.3, 0.4) is 0 Å². The molecule has 3 aliphatic rings. The fourth-order valence-corrected chi connectivity index (χ4v) is 6.19. The monoisotopic (exact) mass is 534 g/mol. The number of aryl methyl sites for hydroxylation is 1. The number of carbonyl (C=O) groups is 2. The number of aromatic nitrogens is 2. The Hall–Kier alpha value is -3.36. The number of ether oxygens (including phenoxy) is 1. The number of benzene rings is 1. The van der Waals surface area contributed by atoms with Gasteiger partial charge in [-0.25, -0.2) is 14.8 Å². The lowest BCUT2D eigenvalue weighted by Gasteiger charge is -2.46. The van der Waals surface area contributed by atoms with E-state index in [1.54, 1.807) is 13.1 Å². The predicted octanol–water partition coefficient (Wildman–Crippen LogP) is 5.17. The molecule has 2 aliphatic heterocycles. The molecular weight excluding hydrogens is 492 g/mol. The first-order chi connectivity index (χ1) is 18.4. The van der Waals surface area contributed by atoms with Crippen LogP contribution in [0.2, 0.25) is 0 Å². The van der Waals surface area contributed by atoms with Crippen LogP contribution in [-0.2, 0) is 9.53 Å². The Balaban J connectivity index is 1.46. The molecule has 1 aliphatic carbocycles. The van der Waals surface area contributed by atoms with Crippen molar-refractivity contribution in [3.8, 4) is 0 Å². The molecule has 2 fully saturated rings.